The lowest BCUT2D eigenvalue weighted by atomic mass is 10.0. The average Bonchev–Trinajstić information content (AvgIpc) is 2.44. The van der Waals surface area contributed by atoms with Crippen molar-refractivity contribution in [1.29, 1.82) is 0 Å². The fraction of sp³-hybridized carbons (Fsp3) is 0.538. The molecule has 0 aromatic heterocycles. The predicted octanol–water partition coefficient (Wildman–Crippen LogP) is 2.92. The molecule has 0 saturated carbocycles. The summed E-state index contributed by atoms with van der Waals surface area (Å²) in [6.45, 7) is 2.67. The second-order valence-corrected chi connectivity index (χ2v) is 5.42. The number of phenolic OH excluding ortho intramolecular Hbond substituents is 1. The number of halogens is 4. The summed E-state index contributed by atoms with van der Waals surface area (Å²) in [5.74, 6) is 0.379. The Kier molecular flexibility index (Phi) is 9.56. The number of ether oxygens (including phenoxy) is 1. The van der Waals surface area contributed by atoms with Crippen LogP contribution in [0.25, 0.3) is 0 Å². The Hall–Kier alpha value is -0.270. The van der Waals surface area contributed by atoms with Crippen molar-refractivity contribution in [2.75, 3.05) is 40.0 Å². The number of benzene rings is 1. The van der Waals surface area contributed by atoms with Crippen LogP contribution >= 0.6 is 40.7 Å². The van der Waals surface area contributed by atoms with Gasteiger partial charge in [0.05, 0.1) is 13.2 Å². The SMILES string of the molecule is COc1cc(Br)cc([C@H](CF)N2CCNCC2)c1O.Cl.Cl. The molecule has 0 radical (unpaired) electrons. The molecule has 0 bridgehead atoms. The molecular formula is C13H20BrCl2FN2O2. The van der Waals surface area contributed by atoms with Crippen molar-refractivity contribution in [3.05, 3.63) is 22.2 Å². The zero-order chi connectivity index (χ0) is 13.8. The summed E-state index contributed by atoms with van der Waals surface area (Å²) in [5.41, 5.74) is 0.565. The highest BCUT2D eigenvalue weighted by molar-refractivity contribution is 9.10. The molecule has 0 aliphatic carbocycles. The Balaban J connectivity index is 0.00000200. The van der Waals surface area contributed by atoms with Gasteiger partial charge in [0.2, 0.25) is 0 Å². The number of piperazine rings is 1. The van der Waals surface area contributed by atoms with E-state index in [1.54, 1.807) is 12.1 Å². The molecule has 1 atom stereocenters. The van der Waals surface area contributed by atoms with E-state index in [2.05, 4.69) is 21.2 Å². The molecule has 4 nitrogen and oxygen atoms in total. The molecule has 21 heavy (non-hydrogen) atoms. The highest BCUT2D eigenvalue weighted by Crippen LogP contribution is 2.39. The van der Waals surface area contributed by atoms with Gasteiger partial charge in [0.25, 0.3) is 0 Å². The highest BCUT2D eigenvalue weighted by Gasteiger charge is 2.26. The molecule has 0 amide bonds. The first kappa shape index (κ1) is 20.7. The van der Waals surface area contributed by atoms with E-state index in [4.69, 9.17) is 4.74 Å². The molecule has 1 aromatic carbocycles. The van der Waals surface area contributed by atoms with Crippen LogP contribution in [0.2, 0.25) is 0 Å². The molecule has 2 N–H and O–H groups in total. The molecule has 1 heterocycles. The van der Waals surface area contributed by atoms with Crippen LogP contribution in [0.5, 0.6) is 11.5 Å². The van der Waals surface area contributed by atoms with E-state index < -0.39 is 12.7 Å². The number of hydrogen-bond acceptors (Lipinski definition) is 4. The van der Waals surface area contributed by atoms with Crippen LogP contribution in [0, 0.1) is 0 Å². The van der Waals surface area contributed by atoms with Crippen LogP contribution in [0.15, 0.2) is 16.6 Å². The Morgan fingerprint density at radius 3 is 2.52 bits per heavy atom. The first-order valence-corrected chi connectivity index (χ1v) is 7.03. The van der Waals surface area contributed by atoms with E-state index in [-0.39, 0.29) is 30.6 Å². The molecule has 1 fully saturated rings. The Morgan fingerprint density at radius 1 is 1.38 bits per heavy atom. The minimum atomic E-state index is -0.535. The molecule has 122 valence electrons. The van der Waals surface area contributed by atoms with Gasteiger partial charge in [-0.25, -0.2) is 4.39 Å². The van der Waals surface area contributed by atoms with Crippen LogP contribution in [-0.4, -0.2) is 50.0 Å². The van der Waals surface area contributed by atoms with E-state index in [0.717, 1.165) is 30.7 Å². The Bertz CT molecular complexity index is 448. The number of alkyl halides is 1. The van der Waals surface area contributed by atoms with Crippen molar-refractivity contribution in [3.8, 4) is 11.5 Å². The van der Waals surface area contributed by atoms with Gasteiger partial charge in [-0.15, -0.1) is 24.8 Å². The number of rotatable bonds is 4. The van der Waals surface area contributed by atoms with Crippen molar-refractivity contribution in [2.45, 2.75) is 6.04 Å². The largest absolute Gasteiger partial charge is 0.504 e. The smallest absolute Gasteiger partial charge is 0.162 e. The Morgan fingerprint density at radius 2 is 2.00 bits per heavy atom. The second kappa shape index (κ2) is 9.69. The number of nitrogens with zero attached hydrogens (tertiary/aromatic N) is 1. The molecule has 1 aromatic rings. The van der Waals surface area contributed by atoms with Gasteiger partial charge in [-0.3, -0.25) is 4.90 Å². The number of methoxy groups -OCH3 is 1. The zero-order valence-corrected chi connectivity index (χ0v) is 14.9. The zero-order valence-electron chi connectivity index (χ0n) is 11.6. The maximum absolute atomic E-state index is 13.4. The lowest BCUT2D eigenvalue weighted by molar-refractivity contribution is 0.144. The minimum absolute atomic E-state index is 0. The third kappa shape index (κ3) is 4.86. The lowest BCUT2D eigenvalue weighted by Crippen LogP contribution is -2.45. The molecule has 1 aliphatic rings. The summed E-state index contributed by atoms with van der Waals surface area (Å²) >= 11 is 3.37. The van der Waals surface area contributed by atoms with Gasteiger partial charge < -0.3 is 15.2 Å². The van der Waals surface area contributed by atoms with Gasteiger partial charge in [-0.1, -0.05) is 15.9 Å². The second-order valence-electron chi connectivity index (χ2n) is 4.50. The van der Waals surface area contributed by atoms with Crippen LogP contribution < -0.4 is 10.1 Å². The van der Waals surface area contributed by atoms with Gasteiger partial charge in [0, 0.05) is 36.2 Å². The molecule has 0 unspecified atom stereocenters. The summed E-state index contributed by atoms with van der Waals surface area (Å²) in [4.78, 5) is 2.04. The van der Waals surface area contributed by atoms with Gasteiger partial charge in [-0.2, -0.15) is 0 Å². The summed E-state index contributed by atoms with van der Waals surface area (Å²) in [6.07, 6.45) is 0. The third-order valence-electron chi connectivity index (χ3n) is 3.39. The van der Waals surface area contributed by atoms with Crippen LogP contribution in [0.3, 0.4) is 0 Å². The first-order valence-electron chi connectivity index (χ1n) is 6.24. The minimum Gasteiger partial charge on any atom is -0.504 e. The monoisotopic (exact) mass is 404 g/mol. The van der Waals surface area contributed by atoms with E-state index in [0.29, 0.717) is 11.3 Å². The van der Waals surface area contributed by atoms with E-state index in [1.807, 2.05) is 4.90 Å². The lowest BCUT2D eigenvalue weighted by Gasteiger charge is -2.34. The molecule has 8 heteroatoms. The number of phenols is 1. The number of nitrogens with one attached hydrogen (secondary N) is 1. The van der Waals surface area contributed by atoms with Crippen LogP contribution in [0.1, 0.15) is 11.6 Å². The van der Waals surface area contributed by atoms with Crippen molar-refractivity contribution in [1.82, 2.24) is 10.2 Å². The van der Waals surface area contributed by atoms with Crippen molar-refractivity contribution in [2.24, 2.45) is 0 Å². The molecule has 1 saturated heterocycles. The van der Waals surface area contributed by atoms with Gasteiger partial charge in [0.15, 0.2) is 11.5 Å². The fourth-order valence-corrected chi connectivity index (χ4v) is 2.83. The first-order chi connectivity index (χ1) is 9.17. The maximum atomic E-state index is 13.4. The van der Waals surface area contributed by atoms with Crippen molar-refractivity contribution >= 4 is 40.7 Å². The molecule has 2 rings (SSSR count). The molecule has 0 spiro atoms. The summed E-state index contributed by atoms with van der Waals surface area (Å²) in [7, 11) is 1.49. The summed E-state index contributed by atoms with van der Waals surface area (Å²) in [5, 5.41) is 13.4. The third-order valence-corrected chi connectivity index (χ3v) is 3.84. The number of hydrogen-bond donors (Lipinski definition) is 2. The standard InChI is InChI=1S/C13H18BrFN2O2.2ClH/c1-19-12-7-9(14)6-10(13(12)18)11(8-15)17-4-2-16-3-5-17;;/h6-7,11,16,18H,2-5,8H2,1H3;2*1H/t11-;;/m0../s1. The number of aromatic hydroxyl groups is 1. The molecule has 1 aliphatic heterocycles. The normalized spacial score (nSPS) is 16.5. The predicted molar refractivity (Wildman–Crippen MR) is 90.0 cm³/mol. The van der Waals surface area contributed by atoms with E-state index >= 15 is 0 Å². The maximum Gasteiger partial charge on any atom is 0.162 e. The Labute approximate surface area is 145 Å². The highest BCUT2D eigenvalue weighted by atomic mass is 79.9. The summed E-state index contributed by atoms with van der Waals surface area (Å²) < 4.78 is 19.3. The van der Waals surface area contributed by atoms with Crippen LogP contribution in [-0.2, 0) is 0 Å². The van der Waals surface area contributed by atoms with Crippen molar-refractivity contribution in [3.63, 3.8) is 0 Å². The van der Waals surface area contributed by atoms with E-state index in [1.165, 1.54) is 7.11 Å². The van der Waals surface area contributed by atoms with Crippen molar-refractivity contribution < 1.29 is 14.2 Å². The fourth-order valence-electron chi connectivity index (χ4n) is 2.38. The van der Waals surface area contributed by atoms with Gasteiger partial charge >= 0.3 is 0 Å². The molecular weight excluding hydrogens is 386 g/mol. The summed E-state index contributed by atoms with van der Waals surface area (Å²) in [6, 6.07) is 2.99. The van der Waals surface area contributed by atoms with Crippen LogP contribution in [0.4, 0.5) is 4.39 Å². The van der Waals surface area contributed by atoms with Gasteiger partial charge in [0.1, 0.15) is 6.67 Å². The topological polar surface area (TPSA) is 44.7 Å². The average molecular weight is 406 g/mol. The van der Waals surface area contributed by atoms with E-state index in [9.17, 15) is 9.50 Å². The van der Waals surface area contributed by atoms with Gasteiger partial charge in [-0.05, 0) is 12.1 Å². The quantitative estimate of drug-likeness (QED) is 0.808.